The third-order valence-electron chi connectivity index (χ3n) is 4.06. The lowest BCUT2D eigenvalue weighted by Gasteiger charge is -2.07. The number of rotatable bonds is 3. The van der Waals surface area contributed by atoms with E-state index in [1.54, 1.807) is 41.1 Å². The van der Waals surface area contributed by atoms with Crippen molar-refractivity contribution in [2.45, 2.75) is 0 Å². The fourth-order valence-corrected chi connectivity index (χ4v) is 2.87. The van der Waals surface area contributed by atoms with E-state index in [4.69, 9.17) is 11.6 Å². The van der Waals surface area contributed by atoms with Crippen molar-refractivity contribution in [2.24, 2.45) is 0 Å². The van der Waals surface area contributed by atoms with Gasteiger partial charge in [0.25, 0.3) is 0 Å². The highest BCUT2D eigenvalue weighted by molar-refractivity contribution is 6.30. The van der Waals surface area contributed by atoms with Crippen molar-refractivity contribution in [1.29, 1.82) is 0 Å². The van der Waals surface area contributed by atoms with Gasteiger partial charge in [-0.2, -0.15) is 5.10 Å². The zero-order valence-electron chi connectivity index (χ0n) is 13.5. The van der Waals surface area contributed by atoms with Crippen LogP contribution in [0.25, 0.3) is 28.2 Å². The quantitative estimate of drug-likeness (QED) is 0.426. The molecule has 26 heavy (non-hydrogen) atoms. The molecule has 3 aromatic carbocycles. The normalized spacial score (nSPS) is 10.9. The van der Waals surface area contributed by atoms with Gasteiger partial charge in [-0.3, -0.25) is 0 Å². The summed E-state index contributed by atoms with van der Waals surface area (Å²) in [5.41, 5.74) is 3.93. The lowest BCUT2D eigenvalue weighted by atomic mass is 10.1. The van der Waals surface area contributed by atoms with E-state index in [2.05, 4.69) is 5.10 Å². The molecule has 0 saturated heterocycles. The van der Waals surface area contributed by atoms with E-state index >= 15 is 0 Å². The highest BCUT2D eigenvalue weighted by Crippen LogP contribution is 2.29. The van der Waals surface area contributed by atoms with Crippen molar-refractivity contribution >= 4 is 11.6 Å². The van der Waals surface area contributed by atoms with Crippen LogP contribution in [0.1, 0.15) is 0 Å². The second-order valence-electron chi connectivity index (χ2n) is 5.82. The van der Waals surface area contributed by atoms with E-state index in [1.165, 1.54) is 24.3 Å². The first-order valence-electron chi connectivity index (χ1n) is 7.98. The zero-order valence-corrected chi connectivity index (χ0v) is 14.3. The molecule has 0 aliphatic heterocycles. The van der Waals surface area contributed by atoms with Crippen LogP contribution in [0.3, 0.4) is 0 Å². The average molecular weight is 367 g/mol. The Morgan fingerprint density at radius 1 is 0.692 bits per heavy atom. The Morgan fingerprint density at radius 2 is 1.23 bits per heavy atom. The summed E-state index contributed by atoms with van der Waals surface area (Å²) in [6.07, 6.45) is 0. The van der Waals surface area contributed by atoms with Gasteiger partial charge in [0.15, 0.2) is 0 Å². The molecule has 0 fully saturated rings. The third kappa shape index (κ3) is 3.24. The Hall–Kier alpha value is -2.98. The van der Waals surface area contributed by atoms with Crippen LogP contribution in [-0.2, 0) is 0 Å². The second kappa shape index (κ2) is 6.73. The van der Waals surface area contributed by atoms with Crippen molar-refractivity contribution < 1.29 is 8.78 Å². The van der Waals surface area contributed by atoms with Crippen LogP contribution >= 0.6 is 11.6 Å². The summed E-state index contributed by atoms with van der Waals surface area (Å²) in [5.74, 6) is -0.602. The minimum atomic E-state index is -0.301. The Kier molecular flexibility index (Phi) is 4.27. The number of nitrogens with zero attached hydrogens (tertiary/aromatic N) is 2. The first kappa shape index (κ1) is 16.5. The zero-order chi connectivity index (χ0) is 18.1. The largest absolute Gasteiger partial charge is 0.232 e. The van der Waals surface area contributed by atoms with Crippen LogP contribution in [0.5, 0.6) is 0 Å². The van der Waals surface area contributed by atoms with Gasteiger partial charge in [-0.25, -0.2) is 13.5 Å². The third-order valence-corrected chi connectivity index (χ3v) is 4.31. The Morgan fingerprint density at radius 3 is 1.81 bits per heavy atom. The summed E-state index contributed by atoms with van der Waals surface area (Å²) in [7, 11) is 0. The summed E-state index contributed by atoms with van der Waals surface area (Å²) in [6, 6.07) is 21.6. The molecule has 0 unspecified atom stereocenters. The highest BCUT2D eigenvalue weighted by atomic mass is 35.5. The predicted octanol–water partition coefficient (Wildman–Crippen LogP) is 6.14. The molecule has 0 spiro atoms. The first-order valence-corrected chi connectivity index (χ1v) is 8.36. The van der Waals surface area contributed by atoms with Crippen molar-refractivity contribution in [3.63, 3.8) is 0 Å². The number of hydrogen-bond donors (Lipinski definition) is 0. The van der Waals surface area contributed by atoms with Gasteiger partial charge < -0.3 is 0 Å². The topological polar surface area (TPSA) is 17.8 Å². The summed E-state index contributed by atoms with van der Waals surface area (Å²) >= 11 is 5.98. The molecular formula is C21H13ClF2N2. The van der Waals surface area contributed by atoms with Crippen LogP contribution < -0.4 is 0 Å². The van der Waals surface area contributed by atoms with Crippen molar-refractivity contribution in [3.05, 3.63) is 95.5 Å². The molecule has 0 aliphatic rings. The molecule has 0 bridgehead atoms. The summed E-state index contributed by atoms with van der Waals surface area (Å²) in [4.78, 5) is 0. The van der Waals surface area contributed by atoms with E-state index in [0.717, 1.165) is 22.5 Å². The maximum atomic E-state index is 13.3. The van der Waals surface area contributed by atoms with Crippen LogP contribution in [0.4, 0.5) is 8.78 Å². The molecule has 0 aliphatic carbocycles. The van der Waals surface area contributed by atoms with Crippen molar-refractivity contribution in [2.75, 3.05) is 0 Å². The average Bonchev–Trinajstić information content (AvgIpc) is 3.09. The van der Waals surface area contributed by atoms with Crippen LogP contribution in [-0.4, -0.2) is 9.78 Å². The fraction of sp³-hybridized carbons (Fsp3) is 0. The maximum absolute atomic E-state index is 13.3. The first-order chi connectivity index (χ1) is 12.6. The van der Waals surface area contributed by atoms with Gasteiger partial charge >= 0.3 is 0 Å². The van der Waals surface area contributed by atoms with Gasteiger partial charge in [-0.1, -0.05) is 11.6 Å². The number of hydrogen-bond acceptors (Lipinski definition) is 1. The van der Waals surface area contributed by atoms with Gasteiger partial charge in [0.1, 0.15) is 11.6 Å². The van der Waals surface area contributed by atoms with Gasteiger partial charge in [-0.15, -0.1) is 0 Å². The molecule has 0 N–H and O–H groups in total. The standard InChI is InChI=1S/C21H13ClF2N2/c22-16-5-11-19(12-6-16)26-21(15-3-9-18(24)10-4-15)13-20(25-26)14-1-7-17(23)8-2-14/h1-13H. The van der Waals surface area contributed by atoms with E-state index in [0.29, 0.717) is 10.7 Å². The lowest BCUT2D eigenvalue weighted by molar-refractivity contribution is 0.627. The minimum absolute atomic E-state index is 0.301. The van der Waals surface area contributed by atoms with Crippen LogP contribution in [0.2, 0.25) is 5.02 Å². The molecule has 1 heterocycles. The van der Waals surface area contributed by atoms with E-state index in [1.807, 2.05) is 18.2 Å². The maximum Gasteiger partial charge on any atom is 0.123 e. The van der Waals surface area contributed by atoms with Crippen LogP contribution in [0.15, 0.2) is 78.9 Å². The number of benzene rings is 3. The predicted molar refractivity (Wildman–Crippen MR) is 99.4 cm³/mol. The van der Waals surface area contributed by atoms with Gasteiger partial charge in [-0.05, 0) is 78.9 Å². The molecule has 2 nitrogen and oxygen atoms in total. The highest BCUT2D eigenvalue weighted by Gasteiger charge is 2.13. The molecule has 1 aromatic heterocycles. The molecule has 0 saturated carbocycles. The Balaban J connectivity index is 1.88. The Labute approximate surface area is 154 Å². The number of aromatic nitrogens is 2. The number of halogens is 3. The molecule has 0 amide bonds. The SMILES string of the molecule is Fc1ccc(-c2cc(-c3ccc(F)cc3)n(-c3ccc(Cl)cc3)n2)cc1. The second-order valence-corrected chi connectivity index (χ2v) is 6.25. The summed E-state index contributed by atoms with van der Waals surface area (Å²) < 4.78 is 28.3. The van der Waals surface area contributed by atoms with Gasteiger partial charge in [0.05, 0.1) is 17.1 Å². The van der Waals surface area contributed by atoms with Gasteiger partial charge in [0.2, 0.25) is 0 Å². The van der Waals surface area contributed by atoms with Crippen molar-refractivity contribution in [1.82, 2.24) is 9.78 Å². The lowest BCUT2D eigenvalue weighted by Crippen LogP contribution is -1.99. The smallest absolute Gasteiger partial charge is 0.123 e. The monoisotopic (exact) mass is 366 g/mol. The molecule has 4 rings (SSSR count). The van der Waals surface area contributed by atoms with E-state index < -0.39 is 0 Å². The molecule has 128 valence electrons. The van der Waals surface area contributed by atoms with E-state index in [-0.39, 0.29) is 11.6 Å². The Bertz CT molecular complexity index is 974. The van der Waals surface area contributed by atoms with E-state index in [9.17, 15) is 8.78 Å². The molecule has 0 atom stereocenters. The molecule has 4 aromatic rings. The molecule has 0 radical (unpaired) electrons. The van der Waals surface area contributed by atoms with Crippen LogP contribution in [0, 0.1) is 11.6 Å². The van der Waals surface area contributed by atoms with Crippen molar-refractivity contribution in [3.8, 4) is 28.2 Å². The summed E-state index contributed by atoms with van der Waals surface area (Å²) in [6.45, 7) is 0. The summed E-state index contributed by atoms with van der Waals surface area (Å²) in [5, 5.41) is 5.29. The minimum Gasteiger partial charge on any atom is -0.232 e. The fourth-order valence-electron chi connectivity index (χ4n) is 2.75. The molecular weight excluding hydrogens is 354 g/mol. The molecule has 5 heteroatoms. The van der Waals surface area contributed by atoms with Gasteiger partial charge in [0, 0.05) is 16.1 Å².